The van der Waals surface area contributed by atoms with E-state index in [-0.39, 0.29) is 25.2 Å². The number of nitrogens with one attached hydrogen (secondary N) is 3. The average molecular weight is 643 g/mol. The molecular formula is C25H28ClIN4O6. The third-order valence-electron chi connectivity index (χ3n) is 5.24. The third kappa shape index (κ3) is 8.86. The molecule has 0 saturated carbocycles. The minimum Gasteiger partial charge on any atom is -0.490 e. The number of carbonyl (C=O) groups is 3. The van der Waals surface area contributed by atoms with E-state index in [0.717, 1.165) is 18.4 Å². The molecule has 3 N–H and O–H groups in total. The number of aryl methyl sites for hydroxylation is 1. The van der Waals surface area contributed by atoms with Gasteiger partial charge in [0.1, 0.15) is 0 Å². The lowest BCUT2D eigenvalue weighted by Gasteiger charge is -2.15. The van der Waals surface area contributed by atoms with Crippen molar-refractivity contribution in [3.05, 3.63) is 50.1 Å². The average Bonchev–Trinajstić information content (AvgIpc) is 3.38. The molecule has 0 spiro atoms. The summed E-state index contributed by atoms with van der Waals surface area (Å²) in [6.45, 7) is 4.76. The monoisotopic (exact) mass is 642 g/mol. The van der Waals surface area contributed by atoms with E-state index in [1.54, 1.807) is 24.3 Å². The van der Waals surface area contributed by atoms with Crippen LogP contribution in [-0.2, 0) is 19.1 Å². The van der Waals surface area contributed by atoms with Crippen molar-refractivity contribution in [2.24, 2.45) is 5.10 Å². The lowest BCUT2D eigenvalue weighted by molar-refractivity contribution is -0.139. The summed E-state index contributed by atoms with van der Waals surface area (Å²) in [5, 5.41) is 9.69. The summed E-state index contributed by atoms with van der Waals surface area (Å²) >= 11 is 8.17. The molecule has 0 radical (unpaired) electrons. The lowest BCUT2D eigenvalue weighted by atomic mass is 10.2. The van der Waals surface area contributed by atoms with Gasteiger partial charge in [0.15, 0.2) is 18.1 Å². The Morgan fingerprint density at radius 2 is 2.03 bits per heavy atom. The van der Waals surface area contributed by atoms with Crippen molar-refractivity contribution >= 4 is 63.8 Å². The van der Waals surface area contributed by atoms with Crippen LogP contribution < -0.4 is 25.5 Å². The van der Waals surface area contributed by atoms with Gasteiger partial charge in [-0.3, -0.25) is 14.4 Å². The van der Waals surface area contributed by atoms with Crippen molar-refractivity contribution in [2.75, 3.05) is 31.7 Å². The van der Waals surface area contributed by atoms with E-state index in [1.807, 2.05) is 19.9 Å². The zero-order valence-electron chi connectivity index (χ0n) is 20.4. The SMILES string of the molecule is CCOc1cc(/C=N\NC(=O)C(=O)NC[C@H]2CCCO2)cc(I)c1OCC(=O)Nc1ccc(C)c(Cl)c1. The van der Waals surface area contributed by atoms with Crippen molar-refractivity contribution in [2.45, 2.75) is 32.8 Å². The number of rotatable bonds is 10. The molecule has 1 aliphatic heterocycles. The number of hydrogen-bond acceptors (Lipinski definition) is 7. The summed E-state index contributed by atoms with van der Waals surface area (Å²) < 4.78 is 17.5. The first kappa shape index (κ1) is 28.7. The van der Waals surface area contributed by atoms with E-state index >= 15 is 0 Å². The van der Waals surface area contributed by atoms with Gasteiger partial charge in [0.2, 0.25) is 0 Å². The molecule has 1 saturated heterocycles. The van der Waals surface area contributed by atoms with E-state index in [1.165, 1.54) is 6.21 Å². The van der Waals surface area contributed by atoms with Crippen LogP contribution in [0.2, 0.25) is 5.02 Å². The molecule has 37 heavy (non-hydrogen) atoms. The number of benzene rings is 2. The number of anilines is 1. The summed E-state index contributed by atoms with van der Waals surface area (Å²) in [6, 6.07) is 8.64. The van der Waals surface area contributed by atoms with Gasteiger partial charge in [0.05, 0.1) is 22.5 Å². The minimum absolute atomic E-state index is 0.0628. The normalized spacial score (nSPS) is 14.9. The summed E-state index contributed by atoms with van der Waals surface area (Å²) in [7, 11) is 0. The van der Waals surface area contributed by atoms with Crippen LogP contribution in [0.5, 0.6) is 11.5 Å². The molecule has 0 aliphatic carbocycles. The molecular weight excluding hydrogens is 615 g/mol. The van der Waals surface area contributed by atoms with Crippen molar-refractivity contribution in [3.8, 4) is 11.5 Å². The Hall–Kier alpha value is -2.90. The van der Waals surface area contributed by atoms with Gasteiger partial charge in [-0.1, -0.05) is 17.7 Å². The van der Waals surface area contributed by atoms with Crippen LogP contribution in [0.3, 0.4) is 0 Å². The molecule has 1 fully saturated rings. The van der Waals surface area contributed by atoms with Crippen LogP contribution in [-0.4, -0.2) is 56.4 Å². The summed E-state index contributed by atoms with van der Waals surface area (Å²) in [5.74, 6) is -1.22. The first-order valence-electron chi connectivity index (χ1n) is 11.6. The molecule has 1 aliphatic rings. The second-order valence-electron chi connectivity index (χ2n) is 8.11. The molecule has 0 unspecified atom stereocenters. The van der Waals surface area contributed by atoms with Crippen LogP contribution in [0.25, 0.3) is 0 Å². The largest absolute Gasteiger partial charge is 0.490 e. The number of halogens is 2. The van der Waals surface area contributed by atoms with Crippen molar-refractivity contribution in [3.63, 3.8) is 0 Å². The molecule has 2 aromatic rings. The van der Waals surface area contributed by atoms with E-state index in [2.05, 4.69) is 43.8 Å². The Kier molecular flexibility index (Phi) is 11.0. The van der Waals surface area contributed by atoms with Crippen LogP contribution in [0.1, 0.15) is 30.9 Å². The number of hydrogen-bond donors (Lipinski definition) is 3. The van der Waals surface area contributed by atoms with Gasteiger partial charge < -0.3 is 24.8 Å². The fourth-order valence-corrected chi connectivity index (χ4v) is 4.34. The van der Waals surface area contributed by atoms with Crippen molar-refractivity contribution < 1.29 is 28.6 Å². The molecule has 0 aromatic heterocycles. The summed E-state index contributed by atoms with van der Waals surface area (Å²) in [5.41, 5.74) is 4.28. The number of nitrogens with zero attached hydrogens (tertiary/aromatic N) is 1. The topological polar surface area (TPSA) is 127 Å². The predicted octanol–water partition coefficient (Wildman–Crippen LogP) is 3.41. The second-order valence-corrected chi connectivity index (χ2v) is 9.68. The van der Waals surface area contributed by atoms with E-state index in [4.69, 9.17) is 25.8 Å². The standard InChI is InChI=1S/C25H28ClIN4O6/c1-3-35-21-10-16(12-29-31-25(34)24(33)28-13-18-5-4-8-36-18)9-20(27)23(21)37-14-22(32)30-17-7-6-15(2)19(26)11-17/h6-7,9-12,18H,3-5,8,13-14H2,1-2H3,(H,28,33)(H,30,32)(H,31,34)/b29-12-/t18-/m1/s1. The molecule has 12 heteroatoms. The number of amides is 3. The Balaban J connectivity index is 1.57. The first-order valence-corrected chi connectivity index (χ1v) is 13.1. The molecule has 2 aromatic carbocycles. The quantitative estimate of drug-likeness (QED) is 0.158. The van der Waals surface area contributed by atoms with E-state index in [0.29, 0.717) is 44.6 Å². The molecule has 10 nitrogen and oxygen atoms in total. The Morgan fingerprint density at radius 1 is 1.22 bits per heavy atom. The smallest absolute Gasteiger partial charge is 0.329 e. The second kappa shape index (κ2) is 14.1. The van der Waals surface area contributed by atoms with Crippen LogP contribution in [0.15, 0.2) is 35.4 Å². The number of carbonyl (C=O) groups excluding carboxylic acids is 3. The van der Waals surface area contributed by atoms with Crippen LogP contribution in [0, 0.1) is 10.5 Å². The Morgan fingerprint density at radius 3 is 2.73 bits per heavy atom. The van der Waals surface area contributed by atoms with Crippen LogP contribution >= 0.6 is 34.2 Å². The molecule has 3 rings (SSSR count). The summed E-state index contributed by atoms with van der Waals surface area (Å²) in [4.78, 5) is 36.3. The lowest BCUT2D eigenvalue weighted by Crippen LogP contribution is -2.41. The number of hydrazone groups is 1. The maximum atomic E-state index is 12.4. The molecule has 0 bridgehead atoms. The first-order chi connectivity index (χ1) is 17.8. The highest BCUT2D eigenvalue weighted by atomic mass is 127. The highest BCUT2D eigenvalue weighted by Gasteiger charge is 2.19. The van der Waals surface area contributed by atoms with Gasteiger partial charge in [-0.2, -0.15) is 5.10 Å². The summed E-state index contributed by atoms with van der Waals surface area (Å²) in [6.07, 6.45) is 3.12. The van der Waals surface area contributed by atoms with Gasteiger partial charge in [-0.15, -0.1) is 0 Å². The zero-order valence-corrected chi connectivity index (χ0v) is 23.4. The molecule has 198 valence electrons. The maximum Gasteiger partial charge on any atom is 0.329 e. The van der Waals surface area contributed by atoms with Gasteiger partial charge in [0.25, 0.3) is 5.91 Å². The van der Waals surface area contributed by atoms with Crippen LogP contribution in [0.4, 0.5) is 5.69 Å². The van der Waals surface area contributed by atoms with Gasteiger partial charge in [-0.25, -0.2) is 5.43 Å². The predicted molar refractivity (Wildman–Crippen MR) is 148 cm³/mol. The minimum atomic E-state index is -0.880. The van der Waals surface area contributed by atoms with Gasteiger partial charge in [0, 0.05) is 23.9 Å². The van der Waals surface area contributed by atoms with E-state index < -0.39 is 11.8 Å². The fourth-order valence-electron chi connectivity index (χ4n) is 3.38. The zero-order chi connectivity index (χ0) is 26.8. The molecule has 3 amide bonds. The Labute approximate surface area is 233 Å². The highest BCUT2D eigenvalue weighted by Crippen LogP contribution is 2.34. The van der Waals surface area contributed by atoms with Gasteiger partial charge in [-0.05, 0) is 84.7 Å². The fraction of sp³-hybridized carbons (Fsp3) is 0.360. The van der Waals surface area contributed by atoms with Crippen molar-refractivity contribution in [1.82, 2.24) is 10.7 Å². The third-order valence-corrected chi connectivity index (χ3v) is 6.44. The molecule has 1 atom stereocenters. The van der Waals surface area contributed by atoms with E-state index in [9.17, 15) is 14.4 Å². The maximum absolute atomic E-state index is 12.4. The number of ether oxygens (including phenoxy) is 3. The van der Waals surface area contributed by atoms with Crippen molar-refractivity contribution in [1.29, 1.82) is 0 Å². The highest BCUT2D eigenvalue weighted by molar-refractivity contribution is 14.1. The Bertz CT molecular complexity index is 1170. The van der Waals surface area contributed by atoms with Gasteiger partial charge >= 0.3 is 11.8 Å². The molecule has 1 heterocycles.